The zero-order chi connectivity index (χ0) is 9.57. The highest BCUT2D eigenvalue weighted by atomic mass is 35.5. The lowest BCUT2D eigenvalue weighted by Gasteiger charge is -2.35. The van der Waals surface area contributed by atoms with Crippen LogP contribution in [0.4, 0.5) is 0 Å². The van der Waals surface area contributed by atoms with Crippen molar-refractivity contribution in [3.8, 4) is 0 Å². The molecular formula is C11H21ClO. The first-order valence-corrected chi connectivity index (χ1v) is 6.00. The highest BCUT2D eigenvalue weighted by Crippen LogP contribution is 2.35. The van der Waals surface area contributed by atoms with Gasteiger partial charge in [-0.05, 0) is 19.3 Å². The predicted molar refractivity (Wildman–Crippen MR) is 57.3 cm³/mol. The van der Waals surface area contributed by atoms with E-state index in [1.165, 1.54) is 38.5 Å². The zero-order valence-corrected chi connectivity index (χ0v) is 9.41. The van der Waals surface area contributed by atoms with Crippen LogP contribution in [0, 0.1) is 5.41 Å². The second-order valence-corrected chi connectivity index (χ2v) is 4.51. The average molecular weight is 205 g/mol. The van der Waals surface area contributed by atoms with Gasteiger partial charge in [0.25, 0.3) is 0 Å². The normalized spacial score (nSPS) is 29.1. The smallest absolute Gasteiger partial charge is 0.0533 e. The summed E-state index contributed by atoms with van der Waals surface area (Å²) in [6.07, 6.45) is 7.65. The third-order valence-corrected chi connectivity index (χ3v) is 3.57. The summed E-state index contributed by atoms with van der Waals surface area (Å²) in [5.74, 6) is 0.775. The highest BCUT2D eigenvalue weighted by Gasteiger charge is 2.31. The average Bonchev–Trinajstić information content (AvgIpc) is 2.20. The fraction of sp³-hybridized carbons (Fsp3) is 1.00. The van der Waals surface area contributed by atoms with Crippen LogP contribution < -0.4 is 0 Å². The molecule has 1 nitrogen and oxygen atoms in total. The summed E-state index contributed by atoms with van der Waals surface area (Å²) in [6.45, 7) is 4.07. The Morgan fingerprint density at radius 3 is 2.77 bits per heavy atom. The van der Waals surface area contributed by atoms with E-state index < -0.39 is 0 Å². The molecule has 0 amide bonds. The minimum atomic E-state index is 0.314. The van der Waals surface area contributed by atoms with Crippen molar-refractivity contribution in [3.05, 3.63) is 0 Å². The SMILES string of the molecule is CCCCCC1(CCl)CCCOC1. The topological polar surface area (TPSA) is 9.23 Å². The maximum Gasteiger partial charge on any atom is 0.0533 e. The molecule has 1 atom stereocenters. The molecule has 2 heteroatoms. The quantitative estimate of drug-likeness (QED) is 0.491. The second-order valence-electron chi connectivity index (χ2n) is 4.25. The molecule has 1 fully saturated rings. The summed E-state index contributed by atoms with van der Waals surface area (Å²) in [6, 6.07) is 0. The molecule has 1 aliphatic heterocycles. The van der Waals surface area contributed by atoms with Crippen molar-refractivity contribution < 1.29 is 4.74 Å². The van der Waals surface area contributed by atoms with E-state index in [0.29, 0.717) is 5.41 Å². The lowest BCUT2D eigenvalue weighted by molar-refractivity contribution is -0.00113. The van der Waals surface area contributed by atoms with Crippen molar-refractivity contribution in [3.63, 3.8) is 0 Å². The molecule has 0 aliphatic carbocycles. The molecular weight excluding hydrogens is 184 g/mol. The van der Waals surface area contributed by atoms with Crippen LogP contribution in [-0.4, -0.2) is 19.1 Å². The number of ether oxygens (including phenoxy) is 1. The largest absolute Gasteiger partial charge is 0.381 e. The Morgan fingerprint density at radius 1 is 1.38 bits per heavy atom. The minimum Gasteiger partial charge on any atom is -0.381 e. The van der Waals surface area contributed by atoms with E-state index >= 15 is 0 Å². The monoisotopic (exact) mass is 204 g/mol. The van der Waals surface area contributed by atoms with Gasteiger partial charge in [-0.1, -0.05) is 26.2 Å². The predicted octanol–water partition coefficient (Wildman–Crippen LogP) is 3.60. The number of rotatable bonds is 5. The van der Waals surface area contributed by atoms with Gasteiger partial charge in [0, 0.05) is 17.9 Å². The highest BCUT2D eigenvalue weighted by molar-refractivity contribution is 6.18. The molecule has 1 heterocycles. The van der Waals surface area contributed by atoms with Crippen LogP contribution in [0.25, 0.3) is 0 Å². The van der Waals surface area contributed by atoms with E-state index in [9.17, 15) is 0 Å². The number of hydrogen-bond donors (Lipinski definition) is 0. The molecule has 0 N–H and O–H groups in total. The Labute approximate surface area is 86.8 Å². The van der Waals surface area contributed by atoms with Crippen LogP contribution >= 0.6 is 11.6 Å². The van der Waals surface area contributed by atoms with Crippen LogP contribution in [0.3, 0.4) is 0 Å². The van der Waals surface area contributed by atoms with Gasteiger partial charge in [-0.15, -0.1) is 11.6 Å². The third kappa shape index (κ3) is 3.47. The molecule has 0 radical (unpaired) electrons. The molecule has 0 aromatic heterocycles. The van der Waals surface area contributed by atoms with E-state index in [2.05, 4.69) is 6.92 Å². The lowest BCUT2D eigenvalue weighted by atomic mass is 9.80. The Morgan fingerprint density at radius 2 is 2.23 bits per heavy atom. The van der Waals surface area contributed by atoms with Gasteiger partial charge in [-0.2, -0.15) is 0 Å². The van der Waals surface area contributed by atoms with E-state index in [0.717, 1.165) is 19.1 Å². The van der Waals surface area contributed by atoms with Gasteiger partial charge < -0.3 is 4.74 Å². The van der Waals surface area contributed by atoms with Gasteiger partial charge in [0.2, 0.25) is 0 Å². The first-order chi connectivity index (χ1) is 6.33. The van der Waals surface area contributed by atoms with Gasteiger partial charge in [0.1, 0.15) is 0 Å². The van der Waals surface area contributed by atoms with E-state index in [4.69, 9.17) is 16.3 Å². The summed E-state index contributed by atoms with van der Waals surface area (Å²) in [7, 11) is 0. The van der Waals surface area contributed by atoms with E-state index in [1.807, 2.05) is 0 Å². The van der Waals surface area contributed by atoms with Gasteiger partial charge in [-0.3, -0.25) is 0 Å². The minimum absolute atomic E-state index is 0.314. The van der Waals surface area contributed by atoms with Gasteiger partial charge in [-0.25, -0.2) is 0 Å². The Balaban J connectivity index is 2.29. The maximum absolute atomic E-state index is 6.04. The van der Waals surface area contributed by atoms with E-state index in [-0.39, 0.29) is 0 Å². The fourth-order valence-electron chi connectivity index (χ4n) is 2.03. The lowest BCUT2D eigenvalue weighted by Crippen LogP contribution is -2.33. The second kappa shape index (κ2) is 5.87. The molecule has 1 rings (SSSR count). The third-order valence-electron chi connectivity index (χ3n) is 3.00. The summed E-state index contributed by atoms with van der Waals surface area (Å²) < 4.78 is 5.52. The van der Waals surface area contributed by atoms with Crippen molar-refractivity contribution in [1.29, 1.82) is 0 Å². The molecule has 1 saturated heterocycles. The van der Waals surface area contributed by atoms with E-state index in [1.54, 1.807) is 0 Å². The molecule has 0 saturated carbocycles. The fourth-order valence-corrected chi connectivity index (χ4v) is 2.37. The molecule has 0 aromatic rings. The first kappa shape index (κ1) is 11.3. The Hall–Kier alpha value is 0.250. The van der Waals surface area contributed by atoms with Crippen LogP contribution in [0.2, 0.25) is 0 Å². The molecule has 1 unspecified atom stereocenters. The zero-order valence-electron chi connectivity index (χ0n) is 8.65. The van der Waals surface area contributed by atoms with Crippen molar-refractivity contribution in [2.45, 2.75) is 45.4 Å². The summed E-state index contributed by atoms with van der Waals surface area (Å²) in [5, 5.41) is 0. The summed E-state index contributed by atoms with van der Waals surface area (Å²) in [5.41, 5.74) is 0.314. The van der Waals surface area contributed by atoms with Crippen molar-refractivity contribution in [1.82, 2.24) is 0 Å². The van der Waals surface area contributed by atoms with Gasteiger partial charge in [0.15, 0.2) is 0 Å². The summed E-state index contributed by atoms with van der Waals surface area (Å²) in [4.78, 5) is 0. The van der Waals surface area contributed by atoms with Crippen molar-refractivity contribution >= 4 is 11.6 Å². The number of unbranched alkanes of at least 4 members (excludes halogenated alkanes) is 2. The molecule has 78 valence electrons. The molecule has 0 aromatic carbocycles. The molecule has 0 spiro atoms. The van der Waals surface area contributed by atoms with Crippen LogP contribution in [0.5, 0.6) is 0 Å². The van der Waals surface area contributed by atoms with Crippen LogP contribution in [0.1, 0.15) is 45.4 Å². The Bertz CT molecular complexity index is 130. The molecule has 1 aliphatic rings. The Kier molecular flexibility index (Phi) is 5.12. The van der Waals surface area contributed by atoms with Gasteiger partial charge >= 0.3 is 0 Å². The van der Waals surface area contributed by atoms with Crippen LogP contribution in [-0.2, 0) is 4.74 Å². The molecule has 13 heavy (non-hydrogen) atoms. The number of hydrogen-bond acceptors (Lipinski definition) is 1. The van der Waals surface area contributed by atoms with Crippen LogP contribution in [0.15, 0.2) is 0 Å². The van der Waals surface area contributed by atoms with Crippen molar-refractivity contribution in [2.75, 3.05) is 19.1 Å². The standard InChI is InChI=1S/C11H21ClO/c1-2-3-4-6-11(9-12)7-5-8-13-10-11/h2-10H2,1H3. The van der Waals surface area contributed by atoms with Gasteiger partial charge in [0.05, 0.1) is 6.61 Å². The number of alkyl halides is 1. The number of halogens is 1. The molecule has 0 bridgehead atoms. The maximum atomic E-state index is 6.04. The summed E-state index contributed by atoms with van der Waals surface area (Å²) >= 11 is 6.04. The van der Waals surface area contributed by atoms with Crippen molar-refractivity contribution in [2.24, 2.45) is 5.41 Å². The first-order valence-electron chi connectivity index (χ1n) is 5.47.